The Morgan fingerprint density at radius 1 is 1.42 bits per heavy atom. The van der Waals surface area contributed by atoms with Gasteiger partial charge >= 0.3 is 0 Å². The molecular formula is C19H34N4O. The van der Waals surface area contributed by atoms with Crippen molar-refractivity contribution < 1.29 is 4.74 Å². The van der Waals surface area contributed by atoms with Crippen molar-refractivity contribution in [2.45, 2.75) is 45.6 Å². The Balaban J connectivity index is 2.04. The molecule has 136 valence electrons. The lowest BCUT2D eigenvalue weighted by Gasteiger charge is -2.29. The quantitative estimate of drug-likeness (QED) is 0.587. The van der Waals surface area contributed by atoms with Crippen LogP contribution in [0, 0.1) is 5.41 Å². The van der Waals surface area contributed by atoms with Gasteiger partial charge in [-0.2, -0.15) is 0 Å². The van der Waals surface area contributed by atoms with Gasteiger partial charge < -0.3 is 19.5 Å². The molecule has 0 atom stereocenters. The van der Waals surface area contributed by atoms with E-state index >= 15 is 0 Å². The number of hydrogen-bond donors (Lipinski definition) is 1. The first-order chi connectivity index (χ1) is 11.6. The largest absolute Gasteiger partial charge is 0.385 e. The van der Waals surface area contributed by atoms with E-state index in [2.05, 4.69) is 54.1 Å². The van der Waals surface area contributed by atoms with Crippen molar-refractivity contribution in [3.05, 3.63) is 24.0 Å². The highest BCUT2D eigenvalue weighted by atomic mass is 16.5. The Labute approximate surface area is 147 Å². The van der Waals surface area contributed by atoms with Crippen LogP contribution >= 0.6 is 0 Å². The van der Waals surface area contributed by atoms with Gasteiger partial charge in [-0.25, -0.2) is 0 Å². The third kappa shape index (κ3) is 5.00. The molecule has 0 unspecified atom stereocenters. The van der Waals surface area contributed by atoms with Gasteiger partial charge in [-0.3, -0.25) is 4.99 Å². The molecule has 0 spiro atoms. The first kappa shape index (κ1) is 18.8. The fraction of sp³-hybridized carbons (Fsp3) is 0.737. The second kappa shape index (κ2) is 9.11. The molecule has 1 aliphatic carbocycles. The van der Waals surface area contributed by atoms with Gasteiger partial charge in [-0.05, 0) is 43.7 Å². The summed E-state index contributed by atoms with van der Waals surface area (Å²) in [5.74, 6) is 1.00. The topological polar surface area (TPSA) is 41.8 Å². The predicted octanol–water partition coefficient (Wildman–Crippen LogP) is 3.02. The van der Waals surface area contributed by atoms with E-state index in [0.29, 0.717) is 5.41 Å². The zero-order chi connectivity index (χ0) is 17.4. The number of aryl methyl sites for hydroxylation is 1. The molecule has 5 heteroatoms. The first-order valence-corrected chi connectivity index (χ1v) is 9.19. The summed E-state index contributed by atoms with van der Waals surface area (Å²) in [6.45, 7) is 5.62. The fourth-order valence-electron chi connectivity index (χ4n) is 3.62. The molecule has 0 amide bonds. The number of nitrogens with zero attached hydrogens (tertiary/aromatic N) is 3. The summed E-state index contributed by atoms with van der Waals surface area (Å²) < 4.78 is 7.50. The van der Waals surface area contributed by atoms with Gasteiger partial charge in [-0.15, -0.1) is 0 Å². The number of guanidine groups is 1. The minimum atomic E-state index is 0.336. The van der Waals surface area contributed by atoms with E-state index in [4.69, 9.17) is 9.73 Å². The Morgan fingerprint density at radius 2 is 2.17 bits per heavy atom. The van der Waals surface area contributed by atoms with Crippen LogP contribution in [0.1, 0.15) is 44.7 Å². The van der Waals surface area contributed by atoms with Crippen molar-refractivity contribution in [3.63, 3.8) is 0 Å². The first-order valence-electron chi connectivity index (χ1n) is 9.19. The third-order valence-corrected chi connectivity index (χ3v) is 5.21. The SMILES string of the molecule is CCNC(=NCC1(CCOC)CCCC1)N(C)Cc1cccn1C. The van der Waals surface area contributed by atoms with Crippen LogP contribution in [-0.2, 0) is 18.3 Å². The summed E-state index contributed by atoms with van der Waals surface area (Å²) >= 11 is 0. The number of rotatable bonds is 8. The number of aromatic nitrogens is 1. The number of ether oxygens (including phenoxy) is 1. The van der Waals surface area contributed by atoms with Crippen molar-refractivity contribution in [3.8, 4) is 0 Å². The van der Waals surface area contributed by atoms with Crippen LogP contribution in [0.2, 0.25) is 0 Å². The highest BCUT2D eigenvalue weighted by Crippen LogP contribution is 2.41. The highest BCUT2D eigenvalue weighted by Gasteiger charge is 2.33. The number of aliphatic imine (C=N–C) groups is 1. The second-order valence-electron chi connectivity index (χ2n) is 7.09. The van der Waals surface area contributed by atoms with E-state index in [1.165, 1.54) is 31.4 Å². The average molecular weight is 335 g/mol. The van der Waals surface area contributed by atoms with Gasteiger partial charge in [0.05, 0.1) is 6.54 Å². The smallest absolute Gasteiger partial charge is 0.194 e. The lowest BCUT2D eigenvalue weighted by molar-refractivity contribution is 0.141. The maximum atomic E-state index is 5.34. The van der Waals surface area contributed by atoms with Crippen molar-refractivity contribution in [2.24, 2.45) is 17.5 Å². The highest BCUT2D eigenvalue weighted by molar-refractivity contribution is 5.79. The molecule has 0 radical (unpaired) electrons. The molecule has 0 aliphatic heterocycles. The zero-order valence-corrected chi connectivity index (χ0v) is 15.8. The van der Waals surface area contributed by atoms with Crippen LogP contribution in [0.25, 0.3) is 0 Å². The summed E-state index contributed by atoms with van der Waals surface area (Å²) in [5, 5.41) is 3.45. The number of nitrogens with one attached hydrogen (secondary N) is 1. The molecule has 5 nitrogen and oxygen atoms in total. The predicted molar refractivity (Wildman–Crippen MR) is 100 cm³/mol. The van der Waals surface area contributed by atoms with E-state index in [1.807, 2.05) is 0 Å². The van der Waals surface area contributed by atoms with Gasteiger partial charge in [0.25, 0.3) is 0 Å². The van der Waals surface area contributed by atoms with Crippen LogP contribution in [-0.4, -0.2) is 49.3 Å². The van der Waals surface area contributed by atoms with Crippen molar-refractivity contribution in [1.29, 1.82) is 0 Å². The summed E-state index contributed by atoms with van der Waals surface area (Å²) in [5.41, 5.74) is 1.63. The molecule has 1 saturated carbocycles. The number of methoxy groups -OCH3 is 1. The van der Waals surface area contributed by atoms with E-state index in [9.17, 15) is 0 Å². The minimum absolute atomic E-state index is 0.336. The summed E-state index contributed by atoms with van der Waals surface area (Å²) in [4.78, 5) is 7.22. The summed E-state index contributed by atoms with van der Waals surface area (Å²) in [6, 6.07) is 4.25. The normalized spacial score (nSPS) is 17.2. The Morgan fingerprint density at radius 3 is 2.75 bits per heavy atom. The van der Waals surface area contributed by atoms with Crippen LogP contribution in [0.15, 0.2) is 23.3 Å². The minimum Gasteiger partial charge on any atom is -0.385 e. The van der Waals surface area contributed by atoms with Crippen LogP contribution in [0.3, 0.4) is 0 Å². The fourth-order valence-corrected chi connectivity index (χ4v) is 3.62. The molecule has 0 saturated heterocycles. The molecule has 1 aromatic heterocycles. The monoisotopic (exact) mass is 334 g/mol. The van der Waals surface area contributed by atoms with E-state index < -0.39 is 0 Å². The number of hydrogen-bond acceptors (Lipinski definition) is 2. The molecule has 1 aliphatic rings. The molecule has 24 heavy (non-hydrogen) atoms. The van der Waals surface area contributed by atoms with E-state index in [1.54, 1.807) is 7.11 Å². The maximum absolute atomic E-state index is 5.34. The Hall–Kier alpha value is -1.49. The molecule has 1 N–H and O–H groups in total. The lowest BCUT2D eigenvalue weighted by Crippen LogP contribution is -2.39. The molecule has 2 rings (SSSR count). The Kier molecular flexibility index (Phi) is 7.16. The van der Waals surface area contributed by atoms with Crippen LogP contribution < -0.4 is 5.32 Å². The summed E-state index contributed by atoms with van der Waals surface area (Å²) in [6.07, 6.45) is 8.42. The van der Waals surface area contributed by atoms with E-state index in [0.717, 1.165) is 38.6 Å². The standard InChI is InChI=1S/C19H34N4O/c1-5-20-18(23(3)15-17-9-8-13-22(17)2)21-16-19(12-14-24-4)10-6-7-11-19/h8-9,13H,5-7,10-12,14-16H2,1-4H3,(H,20,21). The average Bonchev–Trinajstić information content (AvgIpc) is 3.20. The molecule has 0 bridgehead atoms. The van der Waals surface area contributed by atoms with E-state index in [-0.39, 0.29) is 0 Å². The second-order valence-corrected chi connectivity index (χ2v) is 7.09. The van der Waals surface area contributed by atoms with Crippen molar-refractivity contribution >= 4 is 5.96 Å². The van der Waals surface area contributed by atoms with Crippen LogP contribution in [0.5, 0.6) is 0 Å². The van der Waals surface area contributed by atoms with Gasteiger partial charge in [-0.1, -0.05) is 12.8 Å². The zero-order valence-electron chi connectivity index (χ0n) is 15.8. The maximum Gasteiger partial charge on any atom is 0.194 e. The van der Waals surface area contributed by atoms with Gasteiger partial charge in [0, 0.05) is 52.8 Å². The van der Waals surface area contributed by atoms with Crippen LogP contribution in [0.4, 0.5) is 0 Å². The molecule has 0 aromatic carbocycles. The van der Waals surface area contributed by atoms with Gasteiger partial charge in [0.15, 0.2) is 5.96 Å². The molecule has 1 heterocycles. The Bertz CT molecular complexity index is 517. The third-order valence-electron chi connectivity index (χ3n) is 5.21. The van der Waals surface area contributed by atoms with Crippen molar-refractivity contribution in [1.82, 2.24) is 14.8 Å². The molecular weight excluding hydrogens is 300 g/mol. The molecule has 1 aromatic rings. The van der Waals surface area contributed by atoms with Gasteiger partial charge in [0.1, 0.15) is 0 Å². The van der Waals surface area contributed by atoms with Gasteiger partial charge in [0.2, 0.25) is 0 Å². The summed E-state index contributed by atoms with van der Waals surface area (Å²) in [7, 11) is 6.00. The lowest BCUT2D eigenvalue weighted by atomic mass is 9.83. The molecule has 1 fully saturated rings. The van der Waals surface area contributed by atoms with Crippen molar-refractivity contribution in [2.75, 3.05) is 33.9 Å².